The molecule has 0 radical (unpaired) electrons. The summed E-state index contributed by atoms with van der Waals surface area (Å²) >= 11 is 0. The first-order valence-corrected chi connectivity index (χ1v) is 11.8. The Morgan fingerprint density at radius 2 is 1.97 bits per heavy atom. The van der Waals surface area contributed by atoms with E-state index in [2.05, 4.69) is 14.9 Å². The maximum atomic E-state index is 13.0. The molecule has 31 heavy (non-hydrogen) atoms. The molecule has 0 spiro atoms. The molecule has 2 unspecified atom stereocenters. The van der Waals surface area contributed by atoms with Gasteiger partial charge in [-0.2, -0.15) is 13.2 Å². The minimum absolute atomic E-state index is 0.0837. The SMILES string of the molecule is CCc1cc(OCCCC(F)(F)F)ccc1S(=O)(=O)NC1CCCC(n2cnnc2)C1. The summed E-state index contributed by atoms with van der Waals surface area (Å²) in [5.74, 6) is 0.364. The van der Waals surface area contributed by atoms with Gasteiger partial charge in [-0.1, -0.05) is 6.92 Å². The monoisotopic (exact) mass is 460 g/mol. The van der Waals surface area contributed by atoms with Crippen molar-refractivity contribution >= 4 is 10.0 Å². The van der Waals surface area contributed by atoms with Gasteiger partial charge in [-0.3, -0.25) is 0 Å². The number of aryl methyl sites for hydroxylation is 1. The maximum Gasteiger partial charge on any atom is 0.389 e. The van der Waals surface area contributed by atoms with Crippen LogP contribution in [-0.4, -0.2) is 42.0 Å². The van der Waals surface area contributed by atoms with Gasteiger partial charge in [0.25, 0.3) is 0 Å². The molecule has 1 aliphatic rings. The van der Waals surface area contributed by atoms with E-state index in [1.165, 1.54) is 12.1 Å². The van der Waals surface area contributed by atoms with Crippen LogP contribution in [0.4, 0.5) is 13.2 Å². The zero-order valence-electron chi connectivity index (χ0n) is 17.3. The summed E-state index contributed by atoms with van der Waals surface area (Å²) in [4.78, 5) is 0.170. The Morgan fingerprint density at radius 1 is 1.23 bits per heavy atom. The number of hydrogen-bond acceptors (Lipinski definition) is 5. The zero-order chi connectivity index (χ0) is 22.5. The number of rotatable bonds is 9. The Bertz CT molecular complexity index is 949. The molecule has 7 nitrogen and oxygen atoms in total. The maximum absolute atomic E-state index is 13.0. The third kappa shape index (κ3) is 6.67. The highest BCUT2D eigenvalue weighted by molar-refractivity contribution is 7.89. The van der Waals surface area contributed by atoms with Gasteiger partial charge in [0.05, 0.1) is 11.5 Å². The number of aromatic nitrogens is 3. The van der Waals surface area contributed by atoms with Crippen molar-refractivity contribution in [3.05, 3.63) is 36.4 Å². The molecule has 0 amide bonds. The number of hydrogen-bond donors (Lipinski definition) is 1. The van der Waals surface area contributed by atoms with Crippen molar-refractivity contribution in [3.63, 3.8) is 0 Å². The van der Waals surface area contributed by atoms with Gasteiger partial charge in [-0.15, -0.1) is 10.2 Å². The summed E-state index contributed by atoms with van der Waals surface area (Å²) in [6, 6.07) is 4.48. The summed E-state index contributed by atoms with van der Waals surface area (Å²) in [7, 11) is -3.75. The van der Waals surface area contributed by atoms with Gasteiger partial charge in [0, 0.05) is 18.5 Å². The van der Waals surface area contributed by atoms with Gasteiger partial charge in [-0.05, 0) is 62.3 Å². The highest BCUT2D eigenvalue weighted by Gasteiger charge is 2.29. The molecule has 1 saturated carbocycles. The van der Waals surface area contributed by atoms with Gasteiger partial charge >= 0.3 is 6.18 Å². The molecule has 0 bridgehead atoms. The van der Waals surface area contributed by atoms with Crippen LogP contribution in [0.15, 0.2) is 35.7 Å². The number of nitrogens with one attached hydrogen (secondary N) is 1. The fourth-order valence-electron chi connectivity index (χ4n) is 3.87. The van der Waals surface area contributed by atoms with Crippen molar-refractivity contribution in [3.8, 4) is 5.75 Å². The van der Waals surface area contributed by atoms with Gasteiger partial charge in [0.1, 0.15) is 18.4 Å². The summed E-state index contributed by atoms with van der Waals surface area (Å²) in [5, 5.41) is 7.64. The van der Waals surface area contributed by atoms with Gasteiger partial charge in [-0.25, -0.2) is 13.1 Å². The minimum Gasteiger partial charge on any atom is -0.494 e. The van der Waals surface area contributed by atoms with Crippen LogP contribution in [0.2, 0.25) is 0 Å². The van der Waals surface area contributed by atoms with Crippen molar-refractivity contribution in [2.45, 2.75) is 75.0 Å². The van der Waals surface area contributed by atoms with Crippen LogP contribution in [0.25, 0.3) is 0 Å². The van der Waals surface area contributed by atoms with Crippen LogP contribution in [0.1, 0.15) is 57.1 Å². The number of nitrogens with zero attached hydrogens (tertiary/aromatic N) is 3. The fraction of sp³-hybridized carbons (Fsp3) is 0.600. The van der Waals surface area contributed by atoms with Crippen LogP contribution in [0, 0.1) is 0 Å². The summed E-state index contributed by atoms with van der Waals surface area (Å²) in [5.41, 5.74) is 0.562. The Hall–Kier alpha value is -2.14. The van der Waals surface area contributed by atoms with Gasteiger partial charge in [0.2, 0.25) is 10.0 Å². The molecule has 1 heterocycles. The average Bonchev–Trinajstić information content (AvgIpc) is 3.25. The first-order valence-electron chi connectivity index (χ1n) is 10.4. The zero-order valence-corrected chi connectivity index (χ0v) is 18.1. The topological polar surface area (TPSA) is 86.1 Å². The van der Waals surface area contributed by atoms with Crippen LogP contribution < -0.4 is 9.46 Å². The van der Waals surface area contributed by atoms with Crippen LogP contribution >= 0.6 is 0 Å². The number of sulfonamides is 1. The molecule has 1 aromatic heterocycles. The molecular formula is C20H27F3N4O3S. The highest BCUT2D eigenvalue weighted by Crippen LogP contribution is 2.30. The second-order valence-corrected chi connectivity index (χ2v) is 9.42. The van der Waals surface area contributed by atoms with Crippen LogP contribution in [0.3, 0.4) is 0 Å². The van der Waals surface area contributed by atoms with E-state index in [4.69, 9.17) is 4.74 Å². The van der Waals surface area contributed by atoms with E-state index in [1.807, 2.05) is 11.5 Å². The molecule has 3 rings (SSSR count). The summed E-state index contributed by atoms with van der Waals surface area (Å²) in [6.45, 7) is 1.74. The lowest BCUT2D eigenvalue weighted by Crippen LogP contribution is -2.39. The molecule has 2 aromatic rings. The summed E-state index contributed by atoms with van der Waals surface area (Å²) in [6.07, 6.45) is 1.69. The Morgan fingerprint density at radius 3 is 2.65 bits per heavy atom. The highest BCUT2D eigenvalue weighted by atomic mass is 32.2. The molecule has 2 atom stereocenters. The lowest BCUT2D eigenvalue weighted by Gasteiger charge is -2.30. The van der Waals surface area contributed by atoms with Crippen LogP contribution in [-0.2, 0) is 16.4 Å². The Balaban J connectivity index is 1.64. The number of ether oxygens (including phenoxy) is 1. The second kappa shape index (κ2) is 9.99. The Labute approximate surface area is 180 Å². The average molecular weight is 461 g/mol. The number of benzene rings is 1. The van der Waals surface area contributed by atoms with Crippen molar-refractivity contribution < 1.29 is 26.3 Å². The summed E-state index contributed by atoms with van der Waals surface area (Å²) < 4.78 is 72.9. The van der Waals surface area contributed by atoms with E-state index in [1.54, 1.807) is 18.7 Å². The Kier molecular flexibility index (Phi) is 7.58. The van der Waals surface area contributed by atoms with E-state index in [9.17, 15) is 21.6 Å². The normalized spacial score (nSPS) is 20.0. The van der Waals surface area contributed by atoms with Crippen molar-refractivity contribution in [2.24, 2.45) is 0 Å². The van der Waals surface area contributed by atoms with E-state index in [0.29, 0.717) is 24.2 Å². The fourth-order valence-corrected chi connectivity index (χ4v) is 5.44. The molecular weight excluding hydrogens is 433 g/mol. The molecule has 1 N–H and O–H groups in total. The van der Waals surface area contributed by atoms with E-state index in [-0.39, 0.29) is 30.0 Å². The second-order valence-electron chi connectivity index (χ2n) is 7.74. The standard InChI is InChI=1S/C20H27F3N4O3S/c1-2-15-11-18(30-10-4-9-20(21,22)23)7-8-19(15)31(28,29)26-16-5-3-6-17(12-16)27-13-24-25-14-27/h7-8,11,13-14,16-17,26H,2-6,9-10,12H2,1H3. The number of halogens is 3. The van der Waals surface area contributed by atoms with Crippen molar-refractivity contribution in [1.29, 1.82) is 0 Å². The van der Waals surface area contributed by atoms with E-state index in [0.717, 1.165) is 19.3 Å². The van der Waals surface area contributed by atoms with Gasteiger partial charge < -0.3 is 9.30 Å². The molecule has 1 aromatic carbocycles. The first kappa shape index (κ1) is 23.5. The molecule has 1 aliphatic carbocycles. The molecule has 172 valence electrons. The third-order valence-corrected chi connectivity index (χ3v) is 7.02. The quantitative estimate of drug-likeness (QED) is 0.571. The lowest BCUT2D eigenvalue weighted by molar-refractivity contribution is -0.136. The minimum atomic E-state index is -4.21. The molecule has 11 heteroatoms. The lowest BCUT2D eigenvalue weighted by atomic mass is 9.91. The third-order valence-electron chi connectivity index (χ3n) is 5.40. The first-order chi connectivity index (χ1) is 14.7. The van der Waals surface area contributed by atoms with Crippen molar-refractivity contribution in [1.82, 2.24) is 19.5 Å². The number of alkyl halides is 3. The molecule has 0 aliphatic heterocycles. The van der Waals surface area contributed by atoms with E-state index >= 15 is 0 Å². The van der Waals surface area contributed by atoms with Crippen molar-refractivity contribution in [2.75, 3.05) is 6.61 Å². The molecule has 1 fully saturated rings. The van der Waals surface area contributed by atoms with Gasteiger partial charge in [0.15, 0.2) is 0 Å². The predicted octanol–water partition coefficient (Wildman–Crippen LogP) is 4.02. The molecule has 0 saturated heterocycles. The smallest absolute Gasteiger partial charge is 0.389 e. The predicted molar refractivity (Wildman–Crippen MR) is 108 cm³/mol. The van der Waals surface area contributed by atoms with E-state index < -0.39 is 22.6 Å². The van der Waals surface area contributed by atoms with Crippen LogP contribution in [0.5, 0.6) is 5.75 Å². The largest absolute Gasteiger partial charge is 0.494 e.